The van der Waals surface area contributed by atoms with Crippen molar-refractivity contribution in [1.82, 2.24) is 15.1 Å². The molecule has 0 heterocycles. The van der Waals surface area contributed by atoms with E-state index >= 15 is 0 Å². The molecule has 1 unspecified atom stereocenters. The van der Waals surface area contributed by atoms with Gasteiger partial charge in [-0.15, -0.1) is 0 Å². The van der Waals surface area contributed by atoms with E-state index in [-0.39, 0.29) is 30.4 Å². The lowest BCUT2D eigenvalue weighted by molar-refractivity contribution is -0.149. The number of aliphatic hydroxyl groups excluding tert-OH is 1. The lowest BCUT2D eigenvalue weighted by Gasteiger charge is -2.35. The van der Waals surface area contributed by atoms with E-state index in [2.05, 4.69) is 42.8 Å². The number of hydrogen-bond acceptors (Lipinski definition) is 8. The van der Waals surface area contributed by atoms with Crippen molar-refractivity contribution in [2.45, 2.75) is 271 Å². The molecule has 384 valence electrons. The third kappa shape index (κ3) is 37.9. The minimum Gasteiger partial charge on any atom is -0.465 e. The molecule has 0 spiro atoms. The predicted molar refractivity (Wildman–Crippen MR) is 274 cm³/mol. The Morgan fingerprint density at radius 3 is 1.49 bits per heavy atom. The van der Waals surface area contributed by atoms with Crippen LogP contribution in [0.5, 0.6) is 0 Å². The van der Waals surface area contributed by atoms with Crippen molar-refractivity contribution >= 4 is 17.8 Å². The maximum absolute atomic E-state index is 13.0. The zero-order valence-electron chi connectivity index (χ0n) is 43.6. The summed E-state index contributed by atoms with van der Waals surface area (Å²) in [6.07, 6.45) is 41.9. The normalized spacial score (nSPS) is 14.2. The van der Waals surface area contributed by atoms with Gasteiger partial charge in [0.05, 0.1) is 19.8 Å². The standard InChI is InChI=1S/C56H109N3O6/c1-5-9-13-17-21-25-35-51(34-24-16-12-8-4)48-57-54(61)39-31-32-42-58(46-47-60)44-45-59(53-37-26-22-18-23-27-38-53)43-33-30-36-52(49-64-55(62)40-28-19-14-10-6-2)50-65-56(63)41-29-20-15-11-7-3/h51-53,60H,5-50H2,1-4H3,(H,57,61). The summed E-state index contributed by atoms with van der Waals surface area (Å²) in [6, 6.07) is 0.582. The molecule has 0 aromatic rings. The van der Waals surface area contributed by atoms with Gasteiger partial charge in [-0.25, -0.2) is 0 Å². The number of aliphatic hydroxyl groups is 1. The van der Waals surface area contributed by atoms with Crippen LogP contribution < -0.4 is 5.32 Å². The van der Waals surface area contributed by atoms with Gasteiger partial charge in [0.1, 0.15) is 0 Å². The highest BCUT2D eigenvalue weighted by molar-refractivity contribution is 5.75. The highest BCUT2D eigenvalue weighted by atomic mass is 16.5. The molecule has 9 nitrogen and oxygen atoms in total. The molecule has 0 aromatic heterocycles. The van der Waals surface area contributed by atoms with Crippen molar-refractivity contribution in [3.63, 3.8) is 0 Å². The Labute approximate surface area is 402 Å². The minimum atomic E-state index is -0.129. The number of carbonyl (C=O) groups is 3. The summed E-state index contributed by atoms with van der Waals surface area (Å²) in [5.41, 5.74) is 0. The molecule has 1 aliphatic rings. The van der Waals surface area contributed by atoms with E-state index < -0.39 is 0 Å². The molecule has 0 aromatic carbocycles. The van der Waals surface area contributed by atoms with Crippen LogP contribution in [0.3, 0.4) is 0 Å². The van der Waals surface area contributed by atoms with Crippen molar-refractivity contribution in [3.05, 3.63) is 0 Å². The average molecular weight is 921 g/mol. The quantitative estimate of drug-likeness (QED) is 0.0459. The fourth-order valence-electron chi connectivity index (χ4n) is 9.69. The number of ether oxygens (including phenoxy) is 2. The van der Waals surface area contributed by atoms with E-state index in [9.17, 15) is 19.5 Å². The highest BCUT2D eigenvalue weighted by Gasteiger charge is 2.22. The predicted octanol–water partition coefficient (Wildman–Crippen LogP) is 13.9. The summed E-state index contributed by atoms with van der Waals surface area (Å²) < 4.78 is 11.6. The summed E-state index contributed by atoms with van der Waals surface area (Å²) in [5, 5.41) is 13.4. The molecule has 0 bridgehead atoms. The van der Waals surface area contributed by atoms with Crippen LogP contribution in [0, 0.1) is 11.8 Å². The number of rotatable bonds is 46. The zero-order valence-corrected chi connectivity index (χ0v) is 43.6. The number of nitrogens with one attached hydrogen (secondary N) is 1. The third-order valence-electron chi connectivity index (χ3n) is 14.1. The fraction of sp³-hybridized carbons (Fsp3) is 0.946. The molecule has 1 fully saturated rings. The van der Waals surface area contributed by atoms with Crippen LogP contribution in [0.2, 0.25) is 0 Å². The van der Waals surface area contributed by atoms with Crippen molar-refractivity contribution in [2.24, 2.45) is 11.8 Å². The van der Waals surface area contributed by atoms with Crippen LogP contribution in [0.15, 0.2) is 0 Å². The molecular formula is C56H109N3O6. The maximum atomic E-state index is 13.0. The first-order valence-electron chi connectivity index (χ1n) is 28.5. The first-order chi connectivity index (χ1) is 31.9. The Morgan fingerprint density at radius 1 is 0.492 bits per heavy atom. The molecule has 0 radical (unpaired) electrons. The van der Waals surface area contributed by atoms with E-state index in [4.69, 9.17) is 9.47 Å². The monoisotopic (exact) mass is 920 g/mol. The first-order valence-corrected chi connectivity index (χ1v) is 28.5. The van der Waals surface area contributed by atoms with Gasteiger partial charge < -0.3 is 19.9 Å². The summed E-state index contributed by atoms with van der Waals surface area (Å²) >= 11 is 0. The van der Waals surface area contributed by atoms with Crippen LogP contribution >= 0.6 is 0 Å². The molecule has 1 aliphatic carbocycles. The van der Waals surface area contributed by atoms with E-state index in [0.717, 1.165) is 103 Å². The Balaban J connectivity index is 2.72. The molecule has 1 rings (SSSR count). The summed E-state index contributed by atoms with van der Waals surface area (Å²) in [6.45, 7) is 15.1. The molecule has 1 saturated carbocycles. The molecule has 1 amide bonds. The average Bonchev–Trinajstić information content (AvgIpc) is 3.29. The summed E-state index contributed by atoms with van der Waals surface area (Å²) in [7, 11) is 0. The van der Waals surface area contributed by atoms with E-state index in [1.54, 1.807) is 0 Å². The number of amides is 1. The second-order valence-corrected chi connectivity index (χ2v) is 20.2. The topological polar surface area (TPSA) is 108 Å². The third-order valence-corrected chi connectivity index (χ3v) is 14.1. The first kappa shape index (κ1) is 61.3. The molecule has 9 heteroatoms. The number of esters is 2. The van der Waals surface area contributed by atoms with Crippen molar-refractivity contribution in [2.75, 3.05) is 59.1 Å². The Bertz CT molecular complexity index is 1040. The van der Waals surface area contributed by atoms with Gasteiger partial charge in [-0.05, 0) is 83.2 Å². The lowest BCUT2D eigenvalue weighted by Crippen LogP contribution is -2.43. The van der Waals surface area contributed by atoms with Crippen molar-refractivity contribution in [1.29, 1.82) is 0 Å². The zero-order chi connectivity index (χ0) is 47.3. The Morgan fingerprint density at radius 2 is 0.938 bits per heavy atom. The molecule has 0 aliphatic heterocycles. The number of carbonyl (C=O) groups excluding carboxylic acids is 3. The van der Waals surface area contributed by atoms with Crippen LogP contribution in [0.1, 0.15) is 265 Å². The van der Waals surface area contributed by atoms with Gasteiger partial charge in [-0.3, -0.25) is 24.2 Å². The van der Waals surface area contributed by atoms with Crippen LogP contribution in [-0.4, -0.2) is 97.9 Å². The summed E-state index contributed by atoms with van der Waals surface area (Å²) in [5.74, 6) is 0.557. The lowest BCUT2D eigenvalue weighted by atomic mass is 9.94. The number of hydrogen-bond donors (Lipinski definition) is 2. The van der Waals surface area contributed by atoms with Gasteiger partial charge >= 0.3 is 11.9 Å². The van der Waals surface area contributed by atoms with E-state index in [1.165, 1.54) is 148 Å². The fourth-order valence-corrected chi connectivity index (χ4v) is 9.69. The van der Waals surface area contributed by atoms with Gasteiger partial charge in [0.25, 0.3) is 0 Å². The van der Waals surface area contributed by atoms with Crippen LogP contribution in [-0.2, 0) is 23.9 Å². The molecule has 1 atom stereocenters. The smallest absolute Gasteiger partial charge is 0.305 e. The summed E-state index contributed by atoms with van der Waals surface area (Å²) in [4.78, 5) is 43.5. The van der Waals surface area contributed by atoms with Gasteiger partial charge in [0.15, 0.2) is 0 Å². The molecule has 0 saturated heterocycles. The molecule has 65 heavy (non-hydrogen) atoms. The van der Waals surface area contributed by atoms with Crippen LogP contribution in [0.25, 0.3) is 0 Å². The van der Waals surface area contributed by atoms with Gasteiger partial charge in [0.2, 0.25) is 5.91 Å². The van der Waals surface area contributed by atoms with E-state index in [0.29, 0.717) is 51.0 Å². The second-order valence-electron chi connectivity index (χ2n) is 20.2. The van der Waals surface area contributed by atoms with Gasteiger partial charge in [-0.1, -0.05) is 182 Å². The molecular weight excluding hydrogens is 811 g/mol. The SMILES string of the molecule is CCCCCCCCC(CCCCCC)CNC(=O)CCCCN(CCO)CCN(CCCCC(COC(=O)CCCCCCC)COC(=O)CCCCCCC)C1CCCCCCC1. The van der Waals surface area contributed by atoms with Crippen molar-refractivity contribution in [3.8, 4) is 0 Å². The van der Waals surface area contributed by atoms with Crippen molar-refractivity contribution < 1.29 is 29.0 Å². The molecule has 2 N–H and O–H groups in total. The van der Waals surface area contributed by atoms with Crippen LogP contribution in [0.4, 0.5) is 0 Å². The maximum Gasteiger partial charge on any atom is 0.305 e. The second kappa shape index (κ2) is 46.0. The Hall–Kier alpha value is -1.71. The van der Waals surface area contributed by atoms with Gasteiger partial charge in [0, 0.05) is 57.4 Å². The number of nitrogens with zero attached hydrogens (tertiary/aromatic N) is 2. The minimum absolute atomic E-state index is 0.0159. The van der Waals surface area contributed by atoms with Gasteiger partial charge in [-0.2, -0.15) is 0 Å². The van der Waals surface area contributed by atoms with E-state index in [1.807, 2.05) is 0 Å². The Kier molecular flexibility index (Phi) is 43.4. The largest absolute Gasteiger partial charge is 0.465 e. The number of unbranched alkanes of at least 4 members (excludes halogenated alkanes) is 18. The highest BCUT2D eigenvalue weighted by Crippen LogP contribution is 2.23.